The minimum atomic E-state index is -1.62. The molecule has 0 aliphatic heterocycles. The number of rotatable bonds is 3. The Kier molecular flexibility index (Phi) is 6.97. The van der Waals surface area contributed by atoms with Gasteiger partial charge in [-0.3, -0.25) is 4.70 Å². The van der Waals surface area contributed by atoms with E-state index in [-0.39, 0.29) is 10.5 Å². The molecule has 3 heteroatoms. The van der Waals surface area contributed by atoms with Gasteiger partial charge in [-0.05, 0) is 0 Å². The Balaban J connectivity index is 0.00000161. The van der Waals surface area contributed by atoms with E-state index in [1.54, 1.807) is 15.7 Å². The fourth-order valence-electron chi connectivity index (χ4n) is 4.27. The second-order valence-electron chi connectivity index (χ2n) is 6.63. The molecule has 0 nitrogen and oxygen atoms in total. The Labute approximate surface area is 134 Å². The van der Waals surface area contributed by atoms with Crippen LogP contribution in [0, 0.1) is 5.82 Å². The van der Waals surface area contributed by atoms with Crippen LogP contribution in [-0.4, -0.2) is 19.8 Å². The summed E-state index contributed by atoms with van der Waals surface area (Å²) in [5, 5.41) is 0. The van der Waals surface area contributed by atoms with E-state index in [1.165, 1.54) is 64.2 Å². The van der Waals surface area contributed by atoms with Gasteiger partial charge in [0.1, 0.15) is 0 Å². The molecule has 0 unspecified atom stereocenters. The Morgan fingerprint density at radius 2 is 1.14 bits per heavy atom. The standard InChI is InChI=1S/C6H4F.2C6H11.FH.Sn/c7-6-4-2-1-3-5-6;2*1-2-4-6-5-3-1;;/h2-5H;2*1H,2-6H2;1H;. The van der Waals surface area contributed by atoms with Gasteiger partial charge in [-0.1, -0.05) is 0 Å². The van der Waals surface area contributed by atoms with Crippen LogP contribution in [0.15, 0.2) is 24.3 Å². The molecule has 0 aromatic heterocycles. The Hall–Kier alpha value is -0.121. The quantitative estimate of drug-likeness (QED) is 0.601. The second kappa shape index (κ2) is 8.50. The molecule has 1 radical (unpaired) electrons. The summed E-state index contributed by atoms with van der Waals surface area (Å²) >= 11 is -1.62. The summed E-state index contributed by atoms with van der Waals surface area (Å²) in [7, 11) is 0. The van der Waals surface area contributed by atoms with Crippen molar-refractivity contribution in [2.24, 2.45) is 0 Å². The number of benzene rings is 1. The average Bonchev–Trinajstić information content (AvgIpc) is 2.52. The molecule has 1 aromatic rings. The van der Waals surface area contributed by atoms with Gasteiger partial charge in [0.15, 0.2) is 0 Å². The van der Waals surface area contributed by atoms with Crippen molar-refractivity contribution in [1.29, 1.82) is 0 Å². The predicted octanol–water partition coefficient (Wildman–Crippen LogP) is 5.35. The molecule has 2 aliphatic carbocycles. The van der Waals surface area contributed by atoms with E-state index < -0.39 is 19.8 Å². The van der Waals surface area contributed by atoms with Crippen molar-refractivity contribution >= 4 is 23.3 Å². The van der Waals surface area contributed by atoms with Gasteiger partial charge in [0.25, 0.3) is 0 Å². The van der Waals surface area contributed by atoms with Crippen LogP contribution >= 0.6 is 0 Å². The van der Waals surface area contributed by atoms with Crippen molar-refractivity contribution in [3.8, 4) is 0 Å². The van der Waals surface area contributed by atoms with Gasteiger partial charge in [-0.2, -0.15) is 0 Å². The van der Waals surface area contributed by atoms with E-state index in [4.69, 9.17) is 0 Å². The fourth-order valence-corrected chi connectivity index (χ4v) is 16.3. The first-order valence-corrected chi connectivity index (χ1v) is 13.2. The summed E-state index contributed by atoms with van der Waals surface area (Å²) in [6, 6.07) is 7.71. The summed E-state index contributed by atoms with van der Waals surface area (Å²) in [5.41, 5.74) is 0. The van der Waals surface area contributed by atoms with Gasteiger partial charge < -0.3 is 0 Å². The first kappa shape index (κ1) is 17.2. The summed E-state index contributed by atoms with van der Waals surface area (Å²) in [6.45, 7) is 0. The third-order valence-electron chi connectivity index (χ3n) is 5.27. The van der Waals surface area contributed by atoms with Gasteiger partial charge in [0.2, 0.25) is 0 Å². The second-order valence-corrected chi connectivity index (χ2v) is 15.5. The van der Waals surface area contributed by atoms with Gasteiger partial charge in [-0.15, -0.1) is 0 Å². The van der Waals surface area contributed by atoms with Crippen LogP contribution in [-0.2, 0) is 0 Å². The molecule has 3 rings (SSSR count). The zero-order chi connectivity index (χ0) is 13.8. The average molecular weight is 400 g/mol. The molecule has 0 N–H and O–H groups in total. The summed E-state index contributed by atoms with van der Waals surface area (Å²) in [6.07, 6.45) is 14.6. The minimum absolute atomic E-state index is 0. The van der Waals surface area contributed by atoms with Crippen molar-refractivity contribution in [2.75, 3.05) is 0 Å². The molecule has 21 heavy (non-hydrogen) atoms. The van der Waals surface area contributed by atoms with Crippen molar-refractivity contribution < 1.29 is 9.09 Å². The van der Waals surface area contributed by atoms with Crippen LogP contribution in [0.2, 0.25) is 7.87 Å². The predicted molar refractivity (Wildman–Crippen MR) is 88.0 cm³/mol. The molecular weight excluding hydrogens is 373 g/mol. The van der Waals surface area contributed by atoms with E-state index in [2.05, 4.69) is 12.1 Å². The van der Waals surface area contributed by atoms with E-state index in [1.807, 2.05) is 0 Å². The van der Waals surface area contributed by atoms with Crippen molar-refractivity contribution in [1.82, 2.24) is 0 Å². The monoisotopic (exact) mass is 401 g/mol. The molecule has 0 spiro atoms. The number of halogens is 2. The maximum absolute atomic E-state index is 13.3. The summed E-state index contributed by atoms with van der Waals surface area (Å²) < 4.78 is 16.9. The molecular formula is C18H27F2Sn. The van der Waals surface area contributed by atoms with E-state index in [0.29, 0.717) is 0 Å². The first-order valence-electron chi connectivity index (χ1n) is 8.47. The molecule has 0 heterocycles. The maximum atomic E-state index is 13.3. The molecule has 2 fully saturated rings. The third-order valence-corrected chi connectivity index (χ3v) is 16.4. The van der Waals surface area contributed by atoms with Gasteiger partial charge in [-0.25, -0.2) is 0 Å². The number of hydrogen-bond acceptors (Lipinski definition) is 0. The fraction of sp³-hybridized carbons (Fsp3) is 0.667. The van der Waals surface area contributed by atoms with Gasteiger partial charge in [0.05, 0.1) is 0 Å². The van der Waals surface area contributed by atoms with Crippen molar-refractivity contribution in [3.05, 3.63) is 30.1 Å². The van der Waals surface area contributed by atoms with Crippen LogP contribution in [0.5, 0.6) is 0 Å². The van der Waals surface area contributed by atoms with Crippen LogP contribution < -0.4 is 3.58 Å². The summed E-state index contributed by atoms with van der Waals surface area (Å²) in [5.74, 6) is -0.0660. The Morgan fingerprint density at radius 3 is 1.57 bits per heavy atom. The zero-order valence-electron chi connectivity index (χ0n) is 12.8. The Morgan fingerprint density at radius 1 is 0.714 bits per heavy atom. The SMILES string of the molecule is F.Fc1cc[c]([Sn]([CH]2CCCCC2)[CH]2CCCCC2)cc1. The third kappa shape index (κ3) is 4.43. The van der Waals surface area contributed by atoms with E-state index >= 15 is 0 Å². The van der Waals surface area contributed by atoms with Crippen molar-refractivity contribution in [2.45, 2.75) is 72.1 Å². The molecule has 0 saturated heterocycles. The van der Waals surface area contributed by atoms with Gasteiger partial charge in [0, 0.05) is 0 Å². The molecule has 0 amide bonds. The molecule has 0 bridgehead atoms. The molecule has 1 aromatic carbocycles. The Bertz CT molecular complexity index is 388. The zero-order valence-corrected chi connectivity index (χ0v) is 15.7. The van der Waals surface area contributed by atoms with Crippen LogP contribution in [0.3, 0.4) is 0 Å². The van der Waals surface area contributed by atoms with Crippen LogP contribution in [0.1, 0.15) is 64.2 Å². The van der Waals surface area contributed by atoms with E-state index in [0.717, 1.165) is 7.87 Å². The van der Waals surface area contributed by atoms with Crippen molar-refractivity contribution in [3.63, 3.8) is 0 Å². The topological polar surface area (TPSA) is 0 Å². The summed E-state index contributed by atoms with van der Waals surface area (Å²) in [4.78, 5) is 0. The van der Waals surface area contributed by atoms with Crippen LogP contribution in [0.4, 0.5) is 9.09 Å². The van der Waals surface area contributed by atoms with Crippen LogP contribution in [0.25, 0.3) is 0 Å². The van der Waals surface area contributed by atoms with E-state index in [9.17, 15) is 4.39 Å². The molecule has 117 valence electrons. The van der Waals surface area contributed by atoms with Gasteiger partial charge >= 0.3 is 130 Å². The normalized spacial score (nSPS) is 21.2. The molecule has 2 aliphatic rings. The first-order chi connectivity index (χ1) is 9.84. The number of hydrogen-bond donors (Lipinski definition) is 0. The molecule has 0 atom stereocenters. The molecule has 2 saturated carbocycles.